The molecule has 0 aliphatic carbocycles. The van der Waals surface area contributed by atoms with E-state index >= 15 is 0 Å². The van der Waals surface area contributed by atoms with E-state index < -0.39 is 0 Å². The van der Waals surface area contributed by atoms with Gasteiger partial charge in [-0.05, 0) is 5.56 Å². The molecule has 1 aromatic carbocycles. The van der Waals surface area contributed by atoms with Crippen LogP contribution in [0.1, 0.15) is 23.1 Å². The number of anilines is 1. The number of hydrogen-bond donors (Lipinski definition) is 1. The summed E-state index contributed by atoms with van der Waals surface area (Å²) in [6.07, 6.45) is 0.820. The Morgan fingerprint density at radius 1 is 1.52 bits per heavy atom. The number of hydrogen-bond acceptors (Lipinski definition) is 6. The zero-order valence-electron chi connectivity index (χ0n) is 12.6. The maximum absolute atomic E-state index is 11.1. The highest BCUT2D eigenvalue weighted by Crippen LogP contribution is 2.29. The molecule has 3 rings (SSSR count). The first-order valence-electron chi connectivity index (χ1n) is 7.23. The monoisotopic (exact) mass is 332 g/mol. The average molecular weight is 332 g/mol. The van der Waals surface area contributed by atoms with Crippen LogP contribution in [0.15, 0.2) is 24.3 Å². The molecule has 1 aliphatic rings. The summed E-state index contributed by atoms with van der Waals surface area (Å²) < 4.78 is 0. The van der Waals surface area contributed by atoms with Crippen molar-refractivity contribution in [3.63, 3.8) is 0 Å². The average Bonchev–Trinajstić information content (AvgIpc) is 2.88. The van der Waals surface area contributed by atoms with Crippen LogP contribution >= 0.6 is 11.3 Å². The summed E-state index contributed by atoms with van der Waals surface area (Å²) >= 11 is 1.49. The van der Waals surface area contributed by atoms with E-state index in [1.807, 2.05) is 6.07 Å². The molecule has 0 atom stereocenters. The number of fused-ring (bicyclic) bond motifs is 1. The van der Waals surface area contributed by atoms with Crippen LogP contribution in [-0.4, -0.2) is 27.3 Å². The van der Waals surface area contributed by atoms with Crippen molar-refractivity contribution in [2.75, 3.05) is 11.9 Å². The van der Waals surface area contributed by atoms with Crippen LogP contribution in [-0.2, 0) is 24.3 Å². The Balaban J connectivity index is 1.70. The van der Waals surface area contributed by atoms with Crippen molar-refractivity contribution in [1.29, 1.82) is 0 Å². The van der Waals surface area contributed by atoms with Crippen molar-refractivity contribution >= 4 is 28.1 Å². The third-order valence-electron chi connectivity index (χ3n) is 3.62. The molecule has 0 saturated carbocycles. The van der Waals surface area contributed by atoms with Crippen LogP contribution in [0.25, 0.3) is 0 Å². The lowest BCUT2D eigenvalue weighted by molar-refractivity contribution is -0.384. The topological polar surface area (TPSA) is 88.4 Å². The zero-order chi connectivity index (χ0) is 16.4. The zero-order valence-corrected chi connectivity index (χ0v) is 13.4. The van der Waals surface area contributed by atoms with Gasteiger partial charge in [0.2, 0.25) is 5.91 Å². The fourth-order valence-electron chi connectivity index (χ4n) is 2.61. The van der Waals surface area contributed by atoms with Gasteiger partial charge in [0.05, 0.1) is 10.6 Å². The molecule has 0 spiro atoms. The number of amides is 1. The molecule has 0 fully saturated rings. The van der Waals surface area contributed by atoms with Crippen molar-refractivity contribution in [2.45, 2.75) is 26.4 Å². The van der Waals surface area contributed by atoms with Gasteiger partial charge in [0.1, 0.15) is 0 Å². The number of nitrogens with one attached hydrogen (secondary N) is 1. The van der Waals surface area contributed by atoms with E-state index in [2.05, 4.69) is 15.2 Å². The second kappa shape index (κ2) is 6.43. The number of non-ortho nitro benzene ring substituents is 1. The molecule has 7 nitrogen and oxygen atoms in total. The summed E-state index contributed by atoms with van der Waals surface area (Å²) in [5, 5.41) is 14.2. The molecule has 0 bridgehead atoms. The molecule has 8 heteroatoms. The first-order valence-corrected chi connectivity index (χ1v) is 8.05. The highest BCUT2D eigenvalue weighted by Gasteiger charge is 2.21. The minimum absolute atomic E-state index is 0.117. The molecule has 2 aromatic rings. The minimum Gasteiger partial charge on any atom is -0.302 e. The molecular formula is C15H16N4O3S. The van der Waals surface area contributed by atoms with E-state index in [9.17, 15) is 14.9 Å². The molecule has 2 heterocycles. The van der Waals surface area contributed by atoms with Gasteiger partial charge >= 0.3 is 0 Å². The smallest absolute Gasteiger partial charge is 0.269 e. The number of rotatable bonds is 4. The van der Waals surface area contributed by atoms with Crippen molar-refractivity contribution < 1.29 is 9.72 Å². The first-order chi connectivity index (χ1) is 11.0. The van der Waals surface area contributed by atoms with Gasteiger partial charge in [0.25, 0.3) is 5.69 Å². The predicted octanol–water partition coefficient (Wildman–Crippen LogP) is 2.57. The van der Waals surface area contributed by atoms with Crippen LogP contribution in [0, 0.1) is 10.1 Å². The lowest BCUT2D eigenvalue weighted by Crippen LogP contribution is -2.29. The number of benzene rings is 1. The number of thiazole rings is 1. The Bertz CT molecular complexity index is 759. The quantitative estimate of drug-likeness (QED) is 0.686. The number of carbonyl (C=O) groups is 1. The van der Waals surface area contributed by atoms with Gasteiger partial charge in [-0.1, -0.05) is 12.1 Å². The van der Waals surface area contributed by atoms with Gasteiger partial charge in [-0.2, -0.15) is 0 Å². The third-order valence-corrected chi connectivity index (χ3v) is 4.62. The molecule has 0 unspecified atom stereocenters. The Labute approximate surface area is 137 Å². The summed E-state index contributed by atoms with van der Waals surface area (Å²) in [4.78, 5) is 29.4. The minimum atomic E-state index is -0.374. The van der Waals surface area contributed by atoms with Crippen LogP contribution in [0.5, 0.6) is 0 Å². The Kier molecular flexibility index (Phi) is 4.35. The van der Waals surface area contributed by atoms with Gasteiger partial charge < -0.3 is 5.32 Å². The van der Waals surface area contributed by atoms with E-state index in [0.29, 0.717) is 11.7 Å². The Hall–Kier alpha value is -2.32. The molecule has 120 valence electrons. The highest BCUT2D eigenvalue weighted by atomic mass is 32.1. The summed E-state index contributed by atoms with van der Waals surface area (Å²) in [7, 11) is 0. The second-order valence-electron chi connectivity index (χ2n) is 5.46. The van der Waals surface area contributed by atoms with Crippen LogP contribution < -0.4 is 5.32 Å². The second-order valence-corrected chi connectivity index (χ2v) is 6.54. The van der Waals surface area contributed by atoms with Gasteiger partial charge in [-0.25, -0.2) is 4.98 Å². The van der Waals surface area contributed by atoms with Crippen LogP contribution in [0.4, 0.5) is 10.8 Å². The lowest BCUT2D eigenvalue weighted by atomic mass is 10.1. The normalized spacial score (nSPS) is 14.3. The maximum Gasteiger partial charge on any atom is 0.269 e. The van der Waals surface area contributed by atoms with Gasteiger partial charge in [0.15, 0.2) is 5.13 Å². The third kappa shape index (κ3) is 3.72. The molecule has 1 aromatic heterocycles. The largest absolute Gasteiger partial charge is 0.302 e. The number of aromatic nitrogens is 1. The standard InChI is InChI=1S/C15H16N4O3S/c1-10(20)16-15-17-13-5-6-18(9-14(13)23-15)8-11-3-2-4-12(7-11)19(21)22/h2-4,7H,5-6,8-9H2,1H3,(H,16,17,20). The molecule has 0 saturated heterocycles. The molecule has 0 radical (unpaired) electrons. The van der Waals surface area contributed by atoms with Crippen LogP contribution in [0.2, 0.25) is 0 Å². The molecular weight excluding hydrogens is 316 g/mol. The number of carbonyl (C=O) groups excluding carboxylic acids is 1. The van der Waals surface area contributed by atoms with E-state index in [0.717, 1.165) is 35.6 Å². The summed E-state index contributed by atoms with van der Waals surface area (Å²) in [6, 6.07) is 6.73. The Morgan fingerprint density at radius 2 is 2.35 bits per heavy atom. The van der Waals surface area contributed by atoms with Crippen LogP contribution in [0.3, 0.4) is 0 Å². The number of nitro groups is 1. The van der Waals surface area contributed by atoms with E-state index in [1.165, 1.54) is 24.3 Å². The summed E-state index contributed by atoms with van der Waals surface area (Å²) in [5.41, 5.74) is 2.08. The van der Waals surface area contributed by atoms with Crippen molar-refractivity contribution in [3.05, 3.63) is 50.5 Å². The van der Waals surface area contributed by atoms with Crippen molar-refractivity contribution in [3.8, 4) is 0 Å². The van der Waals surface area contributed by atoms with E-state index in [-0.39, 0.29) is 16.5 Å². The van der Waals surface area contributed by atoms with E-state index in [4.69, 9.17) is 0 Å². The maximum atomic E-state index is 11.1. The number of nitro benzene ring substituents is 1. The fourth-order valence-corrected chi connectivity index (χ4v) is 3.71. The fraction of sp³-hybridized carbons (Fsp3) is 0.333. The lowest BCUT2D eigenvalue weighted by Gasteiger charge is -2.25. The SMILES string of the molecule is CC(=O)Nc1nc2c(s1)CN(Cc1cccc([N+](=O)[O-])c1)CC2. The predicted molar refractivity (Wildman–Crippen MR) is 87.3 cm³/mol. The highest BCUT2D eigenvalue weighted by molar-refractivity contribution is 7.15. The summed E-state index contributed by atoms with van der Waals surface area (Å²) in [5.74, 6) is -0.121. The molecule has 23 heavy (non-hydrogen) atoms. The van der Waals surface area contributed by atoms with Gasteiger partial charge in [-0.15, -0.1) is 11.3 Å². The van der Waals surface area contributed by atoms with Crippen molar-refractivity contribution in [2.24, 2.45) is 0 Å². The summed E-state index contributed by atoms with van der Waals surface area (Å²) in [6.45, 7) is 3.72. The number of nitrogens with zero attached hydrogens (tertiary/aromatic N) is 3. The van der Waals surface area contributed by atoms with Gasteiger partial charge in [0, 0.05) is 50.0 Å². The van der Waals surface area contributed by atoms with E-state index in [1.54, 1.807) is 12.1 Å². The van der Waals surface area contributed by atoms with Gasteiger partial charge in [-0.3, -0.25) is 19.8 Å². The molecule has 1 amide bonds. The van der Waals surface area contributed by atoms with Crippen molar-refractivity contribution in [1.82, 2.24) is 9.88 Å². The Morgan fingerprint density at radius 3 is 3.09 bits per heavy atom. The molecule has 1 aliphatic heterocycles. The molecule has 1 N–H and O–H groups in total. The first kappa shape index (κ1) is 15.6.